The highest BCUT2D eigenvalue weighted by Gasteiger charge is 2.18. The minimum Gasteiger partial charge on any atom is -0.345 e. The van der Waals surface area contributed by atoms with Gasteiger partial charge in [0.05, 0.1) is 16.7 Å². The zero-order valence-electron chi connectivity index (χ0n) is 12.2. The van der Waals surface area contributed by atoms with Gasteiger partial charge >= 0.3 is 0 Å². The van der Waals surface area contributed by atoms with Crippen LogP contribution in [0.15, 0.2) is 24.5 Å². The molecule has 2 heterocycles. The smallest absolute Gasteiger partial charge is 0.263 e. The highest BCUT2D eigenvalue weighted by atomic mass is 32.1. The van der Waals surface area contributed by atoms with Crippen molar-refractivity contribution in [3.63, 3.8) is 0 Å². The molecule has 0 aliphatic carbocycles. The second-order valence-electron chi connectivity index (χ2n) is 5.10. The lowest BCUT2D eigenvalue weighted by Gasteiger charge is -2.13. The van der Waals surface area contributed by atoms with Crippen molar-refractivity contribution in [1.82, 2.24) is 15.3 Å². The average molecular weight is 289 g/mol. The number of carbonyl (C=O) groups excluding carboxylic acids is 1. The predicted octanol–water partition coefficient (Wildman–Crippen LogP) is 3.46. The maximum absolute atomic E-state index is 12.3. The third-order valence-electron chi connectivity index (χ3n) is 3.07. The molecule has 0 unspecified atom stereocenters. The number of aryl methyl sites for hydroxylation is 1. The highest BCUT2D eigenvalue weighted by molar-refractivity contribution is 7.13. The van der Waals surface area contributed by atoms with Gasteiger partial charge in [0.25, 0.3) is 5.91 Å². The van der Waals surface area contributed by atoms with E-state index in [1.165, 1.54) is 11.3 Å². The van der Waals surface area contributed by atoms with E-state index in [0.29, 0.717) is 10.8 Å². The number of nitrogens with one attached hydrogen (secondary N) is 1. The number of nitrogens with zero attached hydrogens (tertiary/aromatic N) is 2. The van der Waals surface area contributed by atoms with Crippen LogP contribution >= 0.6 is 11.3 Å². The van der Waals surface area contributed by atoms with Crippen LogP contribution in [-0.2, 0) is 0 Å². The van der Waals surface area contributed by atoms with E-state index in [-0.39, 0.29) is 11.9 Å². The van der Waals surface area contributed by atoms with Crippen molar-refractivity contribution in [3.8, 4) is 0 Å². The standard InChI is InChI=1S/C15H19N3OS/c1-9(2)15-18-11(4)13(20-15)14(19)17-10(3)12-5-7-16-8-6-12/h5-10H,1-4H3,(H,17,19)/t10-/m0/s1. The first-order valence-electron chi connectivity index (χ1n) is 6.67. The summed E-state index contributed by atoms with van der Waals surface area (Å²) in [5.41, 5.74) is 1.85. The average Bonchev–Trinajstić information content (AvgIpc) is 2.82. The Hall–Kier alpha value is -1.75. The van der Waals surface area contributed by atoms with Crippen LogP contribution in [0.3, 0.4) is 0 Å². The number of carbonyl (C=O) groups is 1. The summed E-state index contributed by atoms with van der Waals surface area (Å²) in [5, 5.41) is 4.01. The molecule has 2 rings (SSSR count). The van der Waals surface area contributed by atoms with E-state index in [9.17, 15) is 4.79 Å². The summed E-state index contributed by atoms with van der Waals surface area (Å²) in [6.45, 7) is 8.01. The van der Waals surface area contributed by atoms with Gasteiger partial charge in [0.2, 0.25) is 0 Å². The maximum Gasteiger partial charge on any atom is 0.263 e. The van der Waals surface area contributed by atoms with Gasteiger partial charge in [-0.25, -0.2) is 4.98 Å². The van der Waals surface area contributed by atoms with Gasteiger partial charge in [0.1, 0.15) is 4.88 Å². The number of pyridine rings is 1. The second kappa shape index (κ2) is 6.13. The summed E-state index contributed by atoms with van der Waals surface area (Å²) < 4.78 is 0. The highest BCUT2D eigenvalue weighted by Crippen LogP contribution is 2.25. The molecule has 4 nitrogen and oxygen atoms in total. The fraction of sp³-hybridized carbons (Fsp3) is 0.400. The minimum atomic E-state index is -0.0591. The molecule has 0 saturated carbocycles. The molecule has 2 aromatic heterocycles. The monoisotopic (exact) mass is 289 g/mol. The van der Waals surface area contributed by atoms with Gasteiger partial charge in [0.15, 0.2) is 0 Å². The Bertz CT molecular complexity index is 592. The number of rotatable bonds is 4. The van der Waals surface area contributed by atoms with Gasteiger partial charge in [-0.05, 0) is 31.5 Å². The van der Waals surface area contributed by atoms with Crippen LogP contribution < -0.4 is 5.32 Å². The molecule has 0 saturated heterocycles. The molecule has 1 atom stereocenters. The van der Waals surface area contributed by atoms with Crippen LogP contribution in [0.5, 0.6) is 0 Å². The molecule has 0 aliphatic rings. The molecule has 1 amide bonds. The van der Waals surface area contributed by atoms with E-state index >= 15 is 0 Å². The minimum absolute atomic E-state index is 0.0468. The summed E-state index contributed by atoms with van der Waals surface area (Å²) in [7, 11) is 0. The van der Waals surface area contributed by atoms with Crippen molar-refractivity contribution < 1.29 is 4.79 Å². The number of aromatic nitrogens is 2. The van der Waals surface area contributed by atoms with Crippen molar-refractivity contribution in [1.29, 1.82) is 0 Å². The van der Waals surface area contributed by atoms with Gasteiger partial charge in [-0.3, -0.25) is 9.78 Å². The molecular formula is C15H19N3OS. The van der Waals surface area contributed by atoms with Gasteiger partial charge in [-0.2, -0.15) is 0 Å². The lowest BCUT2D eigenvalue weighted by molar-refractivity contribution is 0.0943. The second-order valence-corrected chi connectivity index (χ2v) is 6.13. The molecule has 0 aromatic carbocycles. The van der Waals surface area contributed by atoms with Crippen molar-refractivity contribution in [2.24, 2.45) is 0 Å². The zero-order chi connectivity index (χ0) is 14.7. The molecule has 1 N–H and O–H groups in total. The summed E-state index contributed by atoms with van der Waals surface area (Å²) >= 11 is 1.48. The van der Waals surface area contributed by atoms with Crippen LogP contribution in [0.2, 0.25) is 0 Å². The lowest BCUT2D eigenvalue weighted by Crippen LogP contribution is -2.26. The molecule has 0 radical (unpaired) electrons. The summed E-state index contributed by atoms with van der Waals surface area (Å²) in [4.78, 5) is 21.5. The molecule has 20 heavy (non-hydrogen) atoms. The first-order valence-corrected chi connectivity index (χ1v) is 7.48. The molecule has 106 valence electrons. The van der Waals surface area contributed by atoms with E-state index in [4.69, 9.17) is 0 Å². The van der Waals surface area contributed by atoms with Crippen LogP contribution in [0.1, 0.15) is 58.7 Å². The quantitative estimate of drug-likeness (QED) is 0.937. The SMILES string of the molecule is Cc1nc(C(C)C)sc1C(=O)N[C@@H](C)c1ccncc1. The molecule has 2 aromatic rings. The number of thiazole rings is 1. The first kappa shape index (κ1) is 14.7. The summed E-state index contributed by atoms with van der Waals surface area (Å²) in [5.74, 6) is 0.286. The number of hydrogen-bond acceptors (Lipinski definition) is 4. The fourth-order valence-corrected chi connectivity index (χ4v) is 2.84. The van der Waals surface area contributed by atoms with E-state index in [1.54, 1.807) is 12.4 Å². The fourth-order valence-electron chi connectivity index (χ4n) is 1.87. The molecule has 0 fully saturated rings. The predicted molar refractivity (Wildman–Crippen MR) is 81.1 cm³/mol. The topological polar surface area (TPSA) is 54.9 Å². The Morgan fingerprint density at radius 1 is 1.25 bits per heavy atom. The maximum atomic E-state index is 12.3. The molecule has 5 heteroatoms. The van der Waals surface area contributed by atoms with Crippen molar-refractivity contribution in [3.05, 3.63) is 45.7 Å². The first-order chi connectivity index (χ1) is 9.49. The van der Waals surface area contributed by atoms with Gasteiger partial charge in [-0.1, -0.05) is 13.8 Å². The Kier molecular flexibility index (Phi) is 4.49. The third kappa shape index (κ3) is 3.22. The van der Waals surface area contributed by atoms with Crippen LogP contribution in [0, 0.1) is 6.92 Å². The van der Waals surface area contributed by atoms with E-state index in [2.05, 4.69) is 29.1 Å². The van der Waals surface area contributed by atoms with Gasteiger partial charge < -0.3 is 5.32 Å². The molecule has 0 bridgehead atoms. The Morgan fingerprint density at radius 3 is 2.45 bits per heavy atom. The van der Waals surface area contributed by atoms with Crippen LogP contribution in [0.25, 0.3) is 0 Å². The summed E-state index contributed by atoms with van der Waals surface area (Å²) in [6, 6.07) is 3.77. The lowest BCUT2D eigenvalue weighted by atomic mass is 10.1. The van der Waals surface area contributed by atoms with E-state index < -0.39 is 0 Å². The van der Waals surface area contributed by atoms with Crippen molar-refractivity contribution in [2.75, 3.05) is 0 Å². The number of amides is 1. The van der Waals surface area contributed by atoms with Crippen LogP contribution in [0.4, 0.5) is 0 Å². The molecule has 0 aliphatic heterocycles. The van der Waals surface area contributed by atoms with E-state index in [1.807, 2.05) is 26.0 Å². The number of hydrogen-bond donors (Lipinski definition) is 1. The third-order valence-corrected chi connectivity index (χ3v) is 4.52. The molecule has 0 spiro atoms. The van der Waals surface area contributed by atoms with Crippen molar-refractivity contribution in [2.45, 2.75) is 39.7 Å². The van der Waals surface area contributed by atoms with Gasteiger partial charge in [-0.15, -0.1) is 11.3 Å². The Balaban J connectivity index is 2.12. The Morgan fingerprint density at radius 2 is 1.90 bits per heavy atom. The van der Waals surface area contributed by atoms with Gasteiger partial charge in [0, 0.05) is 18.3 Å². The summed E-state index contributed by atoms with van der Waals surface area (Å²) in [6.07, 6.45) is 3.46. The van der Waals surface area contributed by atoms with Crippen molar-refractivity contribution >= 4 is 17.2 Å². The molecular weight excluding hydrogens is 270 g/mol. The van der Waals surface area contributed by atoms with Crippen LogP contribution in [-0.4, -0.2) is 15.9 Å². The normalized spacial score (nSPS) is 12.4. The zero-order valence-corrected chi connectivity index (χ0v) is 13.0. The van der Waals surface area contributed by atoms with E-state index in [0.717, 1.165) is 16.3 Å². The largest absolute Gasteiger partial charge is 0.345 e. The Labute approximate surface area is 123 Å².